The van der Waals surface area contributed by atoms with Crippen LogP contribution < -0.4 is 10.1 Å². The highest BCUT2D eigenvalue weighted by atomic mass is 35.5. The molecule has 9 heteroatoms. The summed E-state index contributed by atoms with van der Waals surface area (Å²) in [7, 11) is 1.85. The SMILES string of the molecule is CC#N.CNCCC(Oc1ccc(C(F)(F)F)cc1)c1ccccc1.Cl.O=C(O)c1ccccc1. The van der Waals surface area contributed by atoms with E-state index in [9.17, 15) is 18.0 Å². The molecule has 1 unspecified atom stereocenters. The Morgan fingerprint density at radius 1 is 1.00 bits per heavy atom. The number of benzene rings is 3. The molecule has 0 fully saturated rings. The number of nitrogens with one attached hydrogen (secondary N) is 1. The van der Waals surface area contributed by atoms with Crippen molar-refractivity contribution >= 4 is 18.4 Å². The van der Waals surface area contributed by atoms with E-state index in [1.807, 2.05) is 37.4 Å². The zero-order valence-corrected chi connectivity index (χ0v) is 20.1. The average molecular weight is 509 g/mol. The van der Waals surface area contributed by atoms with Gasteiger partial charge in [0.15, 0.2) is 0 Å². The Balaban J connectivity index is 0.000000740. The Kier molecular flexibility index (Phi) is 15.3. The molecule has 35 heavy (non-hydrogen) atoms. The van der Waals surface area contributed by atoms with Crippen LogP contribution in [0.1, 0.15) is 40.9 Å². The van der Waals surface area contributed by atoms with Crippen LogP contribution in [0.2, 0.25) is 0 Å². The zero-order chi connectivity index (χ0) is 25.4. The summed E-state index contributed by atoms with van der Waals surface area (Å²) in [6, 6.07) is 24.5. The molecule has 5 nitrogen and oxygen atoms in total. The van der Waals surface area contributed by atoms with Crippen molar-refractivity contribution in [2.45, 2.75) is 25.6 Å². The third kappa shape index (κ3) is 12.5. The lowest BCUT2D eigenvalue weighted by Crippen LogP contribution is -2.16. The fraction of sp³-hybridized carbons (Fsp3) is 0.231. The molecule has 1 atom stereocenters. The van der Waals surface area contributed by atoms with Crippen molar-refractivity contribution < 1.29 is 27.8 Å². The molecule has 0 aliphatic heterocycles. The van der Waals surface area contributed by atoms with E-state index in [0.29, 0.717) is 11.3 Å². The summed E-state index contributed by atoms with van der Waals surface area (Å²) in [4.78, 5) is 10.2. The van der Waals surface area contributed by atoms with Crippen LogP contribution in [0.25, 0.3) is 0 Å². The quantitative estimate of drug-likeness (QED) is 0.368. The molecule has 0 radical (unpaired) electrons. The number of aromatic carboxylic acids is 1. The summed E-state index contributed by atoms with van der Waals surface area (Å²) in [6.45, 7) is 2.18. The maximum Gasteiger partial charge on any atom is 0.416 e. The highest BCUT2D eigenvalue weighted by Crippen LogP contribution is 2.31. The molecule has 0 heterocycles. The first-order valence-electron chi connectivity index (χ1n) is 10.4. The highest BCUT2D eigenvalue weighted by Gasteiger charge is 2.30. The molecule has 0 spiro atoms. The standard InChI is InChI=1S/C17H18F3NO.C7H6O2.C2H3N.ClH/c1-21-12-11-16(13-5-3-2-4-6-13)22-15-9-7-14(8-10-15)17(18,19)20;8-7(9)6-4-2-1-3-5-6;1-2-3;/h2-10,16,21H,11-12H2,1H3;1-5H,(H,8,9);1H3;1H. The predicted molar refractivity (Wildman–Crippen MR) is 132 cm³/mol. The van der Waals surface area contributed by atoms with Gasteiger partial charge in [0.05, 0.1) is 17.2 Å². The smallest absolute Gasteiger partial charge is 0.416 e. The summed E-state index contributed by atoms with van der Waals surface area (Å²) in [5, 5.41) is 18.8. The van der Waals surface area contributed by atoms with E-state index in [1.165, 1.54) is 19.1 Å². The summed E-state index contributed by atoms with van der Waals surface area (Å²) in [5.41, 5.74) is 0.654. The van der Waals surface area contributed by atoms with Crippen LogP contribution in [0.4, 0.5) is 13.2 Å². The molecule has 2 N–H and O–H groups in total. The minimum Gasteiger partial charge on any atom is -0.486 e. The Morgan fingerprint density at radius 2 is 1.49 bits per heavy atom. The second-order valence-corrected chi connectivity index (χ2v) is 6.83. The minimum atomic E-state index is -4.33. The van der Waals surface area contributed by atoms with Crippen molar-refractivity contribution in [1.29, 1.82) is 5.26 Å². The first-order chi connectivity index (χ1) is 16.2. The number of carboxylic acid groups (broad SMARTS) is 1. The minimum absolute atomic E-state index is 0. The van der Waals surface area contributed by atoms with Crippen LogP contribution in [-0.4, -0.2) is 24.7 Å². The first kappa shape index (κ1) is 31.5. The number of hydrogen-bond acceptors (Lipinski definition) is 4. The van der Waals surface area contributed by atoms with Crippen molar-refractivity contribution in [1.82, 2.24) is 5.32 Å². The number of carboxylic acids is 1. The molecule has 0 saturated carbocycles. The van der Waals surface area contributed by atoms with Gasteiger partial charge < -0.3 is 15.2 Å². The Morgan fingerprint density at radius 3 is 1.89 bits per heavy atom. The van der Waals surface area contributed by atoms with Crippen LogP contribution in [0, 0.1) is 11.3 Å². The van der Waals surface area contributed by atoms with Crippen molar-refractivity contribution in [2.24, 2.45) is 0 Å². The van der Waals surface area contributed by atoms with Crippen LogP contribution in [0.3, 0.4) is 0 Å². The van der Waals surface area contributed by atoms with Crippen molar-refractivity contribution in [3.63, 3.8) is 0 Å². The second kappa shape index (κ2) is 17.0. The number of halogens is 4. The summed E-state index contributed by atoms with van der Waals surface area (Å²) in [5.74, 6) is -0.450. The maximum absolute atomic E-state index is 12.6. The zero-order valence-electron chi connectivity index (χ0n) is 19.3. The molecular formula is C26H28ClF3N2O3. The lowest BCUT2D eigenvalue weighted by Gasteiger charge is -2.20. The van der Waals surface area contributed by atoms with Gasteiger partial charge in [-0.2, -0.15) is 18.4 Å². The van der Waals surface area contributed by atoms with Gasteiger partial charge >= 0.3 is 12.1 Å². The molecular weight excluding hydrogens is 481 g/mol. The van der Waals surface area contributed by atoms with E-state index in [1.54, 1.807) is 36.4 Å². The fourth-order valence-corrected chi connectivity index (χ4v) is 2.70. The molecule has 0 saturated heterocycles. The molecule has 0 bridgehead atoms. The molecule has 3 aromatic rings. The van der Waals surface area contributed by atoms with Gasteiger partial charge in [0.2, 0.25) is 0 Å². The van der Waals surface area contributed by atoms with Gasteiger partial charge in [-0.3, -0.25) is 0 Å². The fourth-order valence-electron chi connectivity index (χ4n) is 2.70. The Hall–Kier alpha value is -3.54. The number of carbonyl (C=O) groups is 1. The molecule has 188 valence electrons. The van der Waals surface area contributed by atoms with Crippen molar-refractivity contribution in [3.05, 3.63) is 102 Å². The van der Waals surface area contributed by atoms with Gasteiger partial charge in [0.1, 0.15) is 11.9 Å². The molecule has 0 amide bonds. The summed E-state index contributed by atoms with van der Waals surface area (Å²) < 4.78 is 43.6. The highest BCUT2D eigenvalue weighted by molar-refractivity contribution is 5.87. The summed E-state index contributed by atoms with van der Waals surface area (Å²) >= 11 is 0. The van der Waals surface area contributed by atoms with Gasteiger partial charge in [0.25, 0.3) is 0 Å². The largest absolute Gasteiger partial charge is 0.486 e. The first-order valence-corrected chi connectivity index (χ1v) is 10.4. The molecule has 0 aliphatic carbocycles. The van der Waals surface area contributed by atoms with Crippen LogP contribution in [-0.2, 0) is 6.18 Å². The number of ether oxygens (including phenoxy) is 1. The Bertz CT molecular complexity index is 1010. The molecule has 0 aromatic heterocycles. The van der Waals surface area contributed by atoms with E-state index in [2.05, 4.69) is 5.32 Å². The van der Waals surface area contributed by atoms with Gasteiger partial charge in [-0.05, 0) is 55.6 Å². The lowest BCUT2D eigenvalue weighted by molar-refractivity contribution is -0.137. The summed E-state index contributed by atoms with van der Waals surface area (Å²) in [6.07, 6.45) is -3.81. The third-order valence-electron chi connectivity index (χ3n) is 4.31. The molecule has 0 aliphatic rings. The van der Waals surface area contributed by atoms with Gasteiger partial charge in [-0.1, -0.05) is 48.5 Å². The van der Waals surface area contributed by atoms with Crippen LogP contribution >= 0.6 is 12.4 Å². The Labute approximate surface area is 209 Å². The normalized spacial score (nSPS) is 10.6. The van der Waals surface area contributed by atoms with Gasteiger partial charge in [0, 0.05) is 13.3 Å². The number of nitriles is 1. The van der Waals surface area contributed by atoms with Gasteiger partial charge in [-0.15, -0.1) is 12.4 Å². The van der Waals surface area contributed by atoms with E-state index >= 15 is 0 Å². The van der Waals surface area contributed by atoms with Crippen molar-refractivity contribution in [3.8, 4) is 11.8 Å². The predicted octanol–water partition coefficient (Wildman–Crippen LogP) is 6.77. The second-order valence-electron chi connectivity index (χ2n) is 6.83. The molecule has 3 aromatic carbocycles. The van der Waals surface area contributed by atoms with E-state index in [0.717, 1.165) is 30.7 Å². The van der Waals surface area contributed by atoms with E-state index in [4.69, 9.17) is 15.1 Å². The van der Waals surface area contributed by atoms with E-state index in [-0.39, 0.29) is 18.5 Å². The third-order valence-corrected chi connectivity index (χ3v) is 4.31. The monoisotopic (exact) mass is 508 g/mol. The van der Waals surface area contributed by atoms with E-state index < -0.39 is 17.7 Å². The van der Waals surface area contributed by atoms with Crippen LogP contribution in [0.15, 0.2) is 84.9 Å². The molecule has 3 rings (SSSR count). The number of hydrogen-bond donors (Lipinski definition) is 2. The number of alkyl halides is 3. The topological polar surface area (TPSA) is 82.3 Å². The van der Waals surface area contributed by atoms with Gasteiger partial charge in [-0.25, -0.2) is 4.79 Å². The lowest BCUT2D eigenvalue weighted by atomic mass is 10.1. The van der Waals surface area contributed by atoms with Crippen molar-refractivity contribution in [2.75, 3.05) is 13.6 Å². The number of rotatable bonds is 7. The average Bonchev–Trinajstić information content (AvgIpc) is 2.83. The number of nitrogens with zero attached hydrogens (tertiary/aromatic N) is 1. The van der Waals surface area contributed by atoms with Crippen LogP contribution in [0.5, 0.6) is 5.75 Å². The maximum atomic E-state index is 12.6.